The van der Waals surface area contributed by atoms with Gasteiger partial charge in [0.05, 0.1) is 18.5 Å². The fourth-order valence-corrected chi connectivity index (χ4v) is 3.96. The van der Waals surface area contributed by atoms with Gasteiger partial charge >= 0.3 is 0 Å². The molecule has 0 saturated carbocycles. The maximum absolute atomic E-state index is 5.99. The lowest BCUT2D eigenvalue weighted by Gasteiger charge is -2.34. The van der Waals surface area contributed by atoms with Gasteiger partial charge in [0.25, 0.3) is 5.78 Å². The van der Waals surface area contributed by atoms with Gasteiger partial charge in [-0.1, -0.05) is 0 Å². The second-order valence-corrected chi connectivity index (χ2v) is 7.72. The molecule has 0 unspecified atom stereocenters. The van der Waals surface area contributed by atoms with E-state index in [9.17, 15) is 0 Å². The van der Waals surface area contributed by atoms with Crippen LogP contribution in [0.15, 0.2) is 24.7 Å². The van der Waals surface area contributed by atoms with E-state index < -0.39 is 0 Å². The maximum atomic E-state index is 5.99. The van der Waals surface area contributed by atoms with Crippen LogP contribution in [0.3, 0.4) is 0 Å². The van der Waals surface area contributed by atoms with Crippen molar-refractivity contribution in [3.8, 4) is 5.88 Å². The molecule has 5 heterocycles. The van der Waals surface area contributed by atoms with Crippen LogP contribution >= 0.6 is 0 Å². The predicted molar refractivity (Wildman–Crippen MR) is 108 cm³/mol. The predicted octanol–water partition coefficient (Wildman–Crippen LogP) is 2.39. The van der Waals surface area contributed by atoms with Crippen LogP contribution in [0, 0.1) is 26.7 Å². The topological polar surface area (TPSA) is 85.7 Å². The molecular formula is C20H24N8O. The van der Waals surface area contributed by atoms with Gasteiger partial charge in [-0.05, 0) is 45.6 Å². The molecular weight excluding hydrogens is 368 g/mol. The monoisotopic (exact) mass is 392 g/mol. The lowest BCUT2D eigenvalue weighted by Crippen LogP contribution is -2.37. The third-order valence-corrected chi connectivity index (χ3v) is 5.67. The zero-order valence-electron chi connectivity index (χ0n) is 16.9. The first kappa shape index (κ1) is 17.8. The fourth-order valence-electron chi connectivity index (χ4n) is 3.96. The van der Waals surface area contributed by atoms with Gasteiger partial charge in [-0.25, -0.2) is 14.5 Å². The number of nitrogens with zero attached hydrogens (tertiary/aromatic N) is 8. The Morgan fingerprint density at radius 1 is 1.10 bits per heavy atom. The number of hydrogen-bond acceptors (Lipinski definition) is 7. The highest BCUT2D eigenvalue weighted by Crippen LogP contribution is 2.27. The van der Waals surface area contributed by atoms with Gasteiger partial charge in [0.1, 0.15) is 12.1 Å². The molecule has 0 atom stereocenters. The number of ether oxygens (including phenoxy) is 1. The van der Waals surface area contributed by atoms with Gasteiger partial charge in [-0.3, -0.25) is 0 Å². The maximum Gasteiger partial charge on any atom is 0.254 e. The van der Waals surface area contributed by atoms with Crippen LogP contribution in [0.4, 0.5) is 5.82 Å². The van der Waals surface area contributed by atoms with E-state index in [0.717, 1.165) is 54.3 Å². The minimum atomic E-state index is 0.503. The Kier molecular flexibility index (Phi) is 4.30. The summed E-state index contributed by atoms with van der Waals surface area (Å²) in [6, 6.07) is 3.83. The summed E-state index contributed by atoms with van der Waals surface area (Å²) in [5.74, 6) is 2.90. The molecule has 29 heavy (non-hydrogen) atoms. The quantitative estimate of drug-likeness (QED) is 0.527. The van der Waals surface area contributed by atoms with Crippen molar-refractivity contribution in [1.29, 1.82) is 0 Å². The Morgan fingerprint density at radius 2 is 1.93 bits per heavy atom. The Morgan fingerprint density at radius 3 is 2.76 bits per heavy atom. The van der Waals surface area contributed by atoms with Gasteiger partial charge in [-0.2, -0.15) is 14.6 Å². The van der Waals surface area contributed by atoms with Crippen LogP contribution in [0.2, 0.25) is 0 Å². The van der Waals surface area contributed by atoms with Crippen molar-refractivity contribution >= 4 is 17.2 Å². The highest BCUT2D eigenvalue weighted by molar-refractivity contribution is 5.54. The molecule has 9 heteroatoms. The zero-order chi connectivity index (χ0) is 20.0. The van der Waals surface area contributed by atoms with Crippen molar-refractivity contribution in [1.82, 2.24) is 34.2 Å². The summed E-state index contributed by atoms with van der Waals surface area (Å²) >= 11 is 0. The summed E-state index contributed by atoms with van der Waals surface area (Å²) in [6.07, 6.45) is 5.59. The molecule has 0 radical (unpaired) electrons. The van der Waals surface area contributed by atoms with Crippen LogP contribution in [0.1, 0.15) is 29.8 Å². The standard InChI is InChI=1S/C20H24N8O/c1-13-10-27-17(23-13)4-5-18(25-27)29-11-16-6-8-26(9-7-16)19-14(2)15(3)24-20-21-12-22-28(19)20/h4-5,10,12,16H,6-9,11H2,1-3H3. The van der Waals surface area contributed by atoms with Gasteiger partial charge in [0, 0.05) is 30.4 Å². The first-order valence-corrected chi connectivity index (χ1v) is 9.96. The Bertz CT molecular complexity index is 1170. The third kappa shape index (κ3) is 3.26. The minimum Gasteiger partial charge on any atom is -0.476 e. The number of fused-ring (bicyclic) bond motifs is 2. The summed E-state index contributed by atoms with van der Waals surface area (Å²) in [5.41, 5.74) is 3.95. The molecule has 4 aromatic heterocycles. The molecule has 0 N–H and O–H groups in total. The normalized spacial score (nSPS) is 15.5. The van der Waals surface area contributed by atoms with Crippen LogP contribution < -0.4 is 9.64 Å². The molecule has 1 aliphatic heterocycles. The number of rotatable bonds is 4. The van der Waals surface area contributed by atoms with E-state index in [1.165, 1.54) is 0 Å². The zero-order valence-corrected chi connectivity index (χ0v) is 16.9. The molecule has 5 rings (SSSR count). The van der Waals surface area contributed by atoms with Crippen molar-refractivity contribution < 1.29 is 4.74 Å². The first-order valence-electron chi connectivity index (χ1n) is 9.96. The number of anilines is 1. The van der Waals surface area contributed by atoms with Crippen LogP contribution in [-0.2, 0) is 0 Å². The molecule has 0 aromatic carbocycles. The average molecular weight is 392 g/mol. The van der Waals surface area contributed by atoms with Gasteiger partial charge in [0.15, 0.2) is 5.65 Å². The van der Waals surface area contributed by atoms with Crippen molar-refractivity contribution in [2.75, 3.05) is 24.6 Å². The van der Waals surface area contributed by atoms with Crippen molar-refractivity contribution in [2.45, 2.75) is 33.6 Å². The average Bonchev–Trinajstić information content (AvgIpc) is 3.32. The minimum absolute atomic E-state index is 0.503. The van der Waals surface area contributed by atoms with E-state index in [1.807, 2.05) is 36.7 Å². The number of aromatic nitrogens is 7. The lowest BCUT2D eigenvalue weighted by atomic mass is 9.97. The van der Waals surface area contributed by atoms with Gasteiger partial charge in [-0.15, -0.1) is 5.10 Å². The second-order valence-electron chi connectivity index (χ2n) is 7.72. The number of piperidine rings is 1. The SMILES string of the molecule is Cc1cn2nc(OCC3CCN(c4c(C)c(C)nc5ncnn45)CC3)ccc2n1. The smallest absolute Gasteiger partial charge is 0.254 e. The van der Waals surface area contributed by atoms with Crippen LogP contribution in [0.25, 0.3) is 11.4 Å². The summed E-state index contributed by atoms with van der Waals surface area (Å²) < 4.78 is 9.61. The molecule has 1 fully saturated rings. The summed E-state index contributed by atoms with van der Waals surface area (Å²) in [4.78, 5) is 15.6. The largest absolute Gasteiger partial charge is 0.476 e. The van der Waals surface area contributed by atoms with E-state index in [2.05, 4.69) is 37.0 Å². The summed E-state index contributed by atoms with van der Waals surface area (Å²) in [7, 11) is 0. The fraction of sp³-hybridized carbons (Fsp3) is 0.450. The van der Waals surface area contributed by atoms with Crippen LogP contribution in [-0.4, -0.2) is 53.9 Å². The summed E-state index contributed by atoms with van der Waals surface area (Å²) in [6.45, 7) is 8.68. The van der Waals surface area contributed by atoms with E-state index >= 15 is 0 Å². The summed E-state index contributed by atoms with van der Waals surface area (Å²) in [5, 5.41) is 8.87. The highest BCUT2D eigenvalue weighted by atomic mass is 16.5. The molecule has 9 nitrogen and oxygen atoms in total. The van der Waals surface area contributed by atoms with E-state index in [1.54, 1.807) is 10.8 Å². The highest BCUT2D eigenvalue weighted by Gasteiger charge is 2.24. The third-order valence-electron chi connectivity index (χ3n) is 5.67. The van der Waals surface area contributed by atoms with E-state index in [-0.39, 0.29) is 0 Å². The second kappa shape index (κ2) is 6.98. The van der Waals surface area contributed by atoms with Crippen molar-refractivity contribution in [3.63, 3.8) is 0 Å². The molecule has 150 valence electrons. The first-order chi connectivity index (χ1) is 14.1. The van der Waals surface area contributed by atoms with Crippen LogP contribution in [0.5, 0.6) is 5.88 Å². The molecule has 0 bridgehead atoms. The van der Waals surface area contributed by atoms with Gasteiger partial charge < -0.3 is 9.64 Å². The molecule has 4 aromatic rings. The number of aryl methyl sites for hydroxylation is 2. The molecule has 1 saturated heterocycles. The van der Waals surface area contributed by atoms with Gasteiger partial charge in [0.2, 0.25) is 5.88 Å². The van der Waals surface area contributed by atoms with E-state index in [0.29, 0.717) is 24.2 Å². The lowest BCUT2D eigenvalue weighted by molar-refractivity contribution is 0.213. The number of imidazole rings is 1. The molecule has 0 aliphatic carbocycles. The van der Waals surface area contributed by atoms with Crippen molar-refractivity contribution in [2.24, 2.45) is 5.92 Å². The Balaban J connectivity index is 1.25. The Labute approximate surface area is 168 Å². The van der Waals surface area contributed by atoms with Crippen molar-refractivity contribution in [3.05, 3.63) is 41.6 Å². The molecule has 0 spiro atoms. The Hall–Kier alpha value is -3.23. The molecule has 0 amide bonds. The van der Waals surface area contributed by atoms with E-state index in [4.69, 9.17) is 4.74 Å². The number of hydrogen-bond donors (Lipinski definition) is 0. The molecule has 1 aliphatic rings.